The lowest BCUT2D eigenvalue weighted by molar-refractivity contribution is -0.385. The van der Waals surface area contributed by atoms with Gasteiger partial charge in [-0.25, -0.2) is 0 Å². The van der Waals surface area contributed by atoms with Crippen LogP contribution >= 0.6 is 0 Å². The van der Waals surface area contributed by atoms with Crippen LogP contribution in [-0.4, -0.2) is 118 Å². The van der Waals surface area contributed by atoms with Gasteiger partial charge >= 0.3 is 23.9 Å². The molecule has 1 rings (SSSR count). The van der Waals surface area contributed by atoms with E-state index in [0.29, 0.717) is 0 Å². The van der Waals surface area contributed by atoms with Gasteiger partial charge in [-0.3, -0.25) is 39.1 Å². The van der Waals surface area contributed by atoms with E-state index in [4.69, 9.17) is 19.7 Å². The van der Waals surface area contributed by atoms with E-state index in [9.17, 15) is 39.5 Å². The van der Waals surface area contributed by atoms with Gasteiger partial charge in [-0.05, 0) is 6.07 Å². The molecule has 0 saturated heterocycles. The number of hydrogen-bond acceptors (Lipinski definition) is 10. The van der Waals surface area contributed by atoms with Crippen molar-refractivity contribution in [3.05, 3.63) is 39.9 Å². The number of hydrogen-bond donors (Lipinski definition) is 4. The van der Waals surface area contributed by atoms with Crippen molar-refractivity contribution in [3.63, 3.8) is 0 Å². The normalized spacial score (nSPS) is 11.9. The summed E-state index contributed by atoms with van der Waals surface area (Å²) in [6.07, 6.45) is 0. The Balaban J connectivity index is 2.60. The van der Waals surface area contributed by atoms with Crippen molar-refractivity contribution in [2.75, 3.05) is 59.2 Å². The van der Waals surface area contributed by atoms with E-state index in [-0.39, 0.29) is 45.1 Å². The van der Waals surface area contributed by atoms with Crippen molar-refractivity contribution < 1.29 is 54.0 Å². The van der Waals surface area contributed by atoms with Crippen molar-refractivity contribution in [2.45, 2.75) is 6.04 Å². The van der Waals surface area contributed by atoms with Gasteiger partial charge in [-0.1, -0.05) is 12.1 Å². The zero-order valence-corrected chi connectivity index (χ0v) is 18.6. The summed E-state index contributed by atoms with van der Waals surface area (Å²) >= 11 is 0. The van der Waals surface area contributed by atoms with Gasteiger partial charge < -0.3 is 29.9 Å². The van der Waals surface area contributed by atoms with E-state index in [1.165, 1.54) is 23.1 Å². The summed E-state index contributed by atoms with van der Waals surface area (Å²) in [5, 5.41) is 47.7. The zero-order valence-electron chi connectivity index (χ0n) is 18.6. The van der Waals surface area contributed by atoms with E-state index in [0.717, 1.165) is 11.0 Å². The number of nitro groups is 1. The second kappa shape index (κ2) is 15.3. The molecule has 0 heterocycles. The van der Waals surface area contributed by atoms with E-state index in [2.05, 4.69) is 0 Å². The molecule has 0 fully saturated rings. The Morgan fingerprint density at radius 3 is 1.83 bits per heavy atom. The number of para-hydroxylation sites is 1. The zero-order chi connectivity index (χ0) is 26.4. The Morgan fingerprint density at radius 1 is 0.829 bits per heavy atom. The number of carbonyl (C=O) groups is 4. The number of benzene rings is 1. The van der Waals surface area contributed by atoms with Crippen LogP contribution in [0.5, 0.6) is 0 Å². The number of aliphatic carboxylic acids is 4. The molecule has 0 aliphatic rings. The highest BCUT2D eigenvalue weighted by Gasteiger charge is 2.33. The minimum atomic E-state index is -1.60. The molecule has 15 heteroatoms. The largest absolute Gasteiger partial charge is 0.480 e. The van der Waals surface area contributed by atoms with Gasteiger partial charge in [0.2, 0.25) is 0 Å². The van der Waals surface area contributed by atoms with Crippen LogP contribution in [0.4, 0.5) is 5.69 Å². The summed E-state index contributed by atoms with van der Waals surface area (Å²) in [6.45, 7) is -1.72. The molecule has 0 aromatic heterocycles. The van der Waals surface area contributed by atoms with Crippen LogP contribution in [0.15, 0.2) is 24.3 Å². The molecule has 0 spiro atoms. The van der Waals surface area contributed by atoms with Crippen molar-refractivity contribution in [1.29, 1.82) is 0 Å². The topological polar surface area (TPSA) is 217 Å². The predicted molar refractivity (Wildman–Crippen MR) is 116 cm³/mol. The molecule has 0 bridgehead atoms. The predicted octanol–water partition coefficient (Wildman–Crippen LogP) is -0.388. The molecule has 15 nitrogen and oxygen atoms in total. The average Bonchev–Trinajstić information content (AvgIpc) is 2.74. The molecule has 4 N–H and O–H groups in total. The van der Waals surface area contributed by atoms with Crippen LogP contribution in [0, 0.1) is 10.1 Å². The molecule has 1 aromatic rings. The fourth-order valence-electron chi connectivity index (χ4n) is 3.14. The van der Waals surface area contributed by atoms with Crippen molar-refractivity contribution in [2.24, 2.45) is 0 Å². The number of carboxylic acids is 4. The summed E-state index contributed by atoms with van der Waals surface area (Å²) in [5.41, 5.74) is -0.619. The fraction of sp³-hybridized carbons (Fsp3) is 0.500. The molecular weight excluding hydrogens is 474 g/mol. The summed E-state index contributed by atoms with van der Waals surface area (Å²) in [4.78, 5) is 57.4. The van der Waals surface area contributed by atoms with Crippen LogP contribution < -0.4 is 0 Å². The summed E-state index contributed by atoms with van der Waals surface area (Å²) in [6, 6.07) is 3.57. The Bertz CT molecular complexity index is 878. The highest BCUT2D eigenvalue weighted by atomic mass is 16.6. The van der Waals surface area contributed by atoms with Crippen LogP contribution in [-0.2, 0) is 28.7 Å². The lowest BCUT2D eigenvalue weighted by Crippen LogP contribution is -2.40. The van der Waals surface area contributed by atoms with Gasteiger partial charge in [0, 0.05) is 19.2 Å². The first-order valence-corrected chi connectivity index (χ1v) is 10.3. The van der Waals surface area contributed by atoms with Gasteiger partial charge in [0.25, 0.3) is 5.69 Å². The molecule has 1 atom stereocenters. The highest BCUT2D eigenvalue weighted by Crippen LogP contribution is 2.29. The molecule has 1 unspecified atom stereocenters. The maximum Gasteiger partial charge on any atom is 0.325 e. The molecule has 0 saturated carbocycles. The van der Waals surface area contributed by atoms with E-state index >= 15 is 0 Å². The number of ether oxygens (including phenoxy) is 2. The van der Waals surface area contributed by atoms with Gasteiger partial charge in [0.05, 0.1) is 56.5 Å². The number of nitro benzene ring substituents is 1. The van der Waals surface area contributed by atoms with Gasteiger partial charge in [-0.15, -0.1) is 0 Å². The van der Waals surface area contributed by atoms with Crippen molar-refractivity contribution in [1.82, 2.24) is 9.80 Å². The van der Waals surface area contributed by atoms with E-state index in [1.807, 2.05) is 0 Å². The number of rotatable bonds is 19. The number of nitrogens with zero attached hydrogens (tertiary/aromatic N) is 3. The van der Waals surface area contributed by atoms with E-state index in [1.54, 1.807) is 0 Å². The first kappa shape index (κ1) is 29.4. The number of carboxylic acid groups (broad SMARTS) is 4. The van der Waals surface area contributed by atoms with Crippen molar-refractivity contribution in [3.8, 4) is 0 Å². The summed E-state index contributed by atoms with van der Waals surface area (Å²) in [5.74, 6) is -5.15. The standard InChI is InChI=1S/C20H27N3O12/c24-16(25)11-21(12-17(26)27)5-7-34-9-10-35-8-6-22(13-18(28)29)19(20(30)31)14-3-1-2-4-15(14)23(32)33/h1-4,19H,5-13H2,(H,24,25)(H,26,27)(H,28,29)(H,30,31). The second-order valence-electron chi connectivity index (χ2n) is 7.14. The third kappa shape index (κ3) is 11.3. The van der Waals surface area contributed by atoms with Gasteiger partial charge in [-0.2, -0.15) is 0 Å². The Hall–Kier alpha value is -3.66. The molecule has 35 heavy (non-hydrogen) atoms. The fourth-order valence-corrected chi connectivity index (χ4v) is 3.14. The third-order valence-corrected chi connectivity index (χ3v) is 4.53. The van der Waals surface area contributed by atoms with Crippen LogP contribution in [0.2, 0.25) is 0 Å². The highest BCUT2D eigenvalue weighted by molar-refractivity contribution is 5.79. The average molecular weight is 501 g/mol. The molecule has 0 radical (unpaired) electrons. The first-order chi connectivity index (χ1) is 16.5. The molecule has 194 valence electrons. The van der Waals surface area contributed by atoms with Crippen LogP contribution in [0.3, 0.4) is 0 Å². The third-order valence-electron chi connectivity index (χ3n) is 4.53. The molecule has 0 amide bonds. The monoisotopic (exact) mass is 501 g/mol. The van der Waals surface area contributed by atoms with Gasteiger partial charge in [0.15, 0.2) is 0 Å². The summed E-state index contributed by atoms with van der Waals surface area (Å²) in [7, 11) is 0. The SMILES string of the molecule is O=C(O)CN(CCOCCOCCN(CC(=O)O)C(C(=O)O)c1ccccc1[N+](=O)[O-])CC(=O)O. The van der Waals surface area contributed by atoms with Gasteiger partial charge in [0.1, 0.15) is 6.04 Å². The Kier molecular flexibility index (Phi) is 12.8. The smallest absolute Gasteiger partial charge is 0.325 e. The molecule has 1 aromatic carbocycles. The van der Waals surface area contributed by atoms with Crippen LogP contribution in [0.25, 0.3) is 0 Å². The molecule has 0 aliphatic heterocycles. The van der Waals surface area contributed by atoms with Crippen molar-refractivity contribution >= 4 is 29.6 Å². The first-order valence-electron chi connectivity index (χ1n) is 10.3. The second-order valence-corrected chi connectivity index (χ2v) is 7.14. The lowest BCUT2D eigenvalue weighted by Gasteiger charge is -2.27. The summed E-state index contributed by atoms with van der Waals surface area (Å²) < 4.78 is 10.6. The van der Waals surface area contributed by atoms with E-state index < -0.39 is 60.2 Å². The maximum absolute atomic E-state index is 11.9. The lowest BCUT2D eigenvalue weighted by atomic mass is 10.0. The maximum atomic E-state index is 11.9. The minimum absolute atomic E-state index is 0.0298. The molecular formula is C20H27N3O12. The minimum Gasteiger partial charge on any atom is -0.480 e. The van der Waals surface area contributed by atoms with Crippen LogP contribution in [0.1, 0.15) is 11.6 Å². The Labute approximate surface area is 199 Å². The quantitative estimate of drug-likeness (QED) is 0.108. The molecule has 0 aliphatic carbocycles. The Morgan fingerprint density at radius 2 is 1.34 bits per heavy atom.